The van der Waals surface area contributed by atoms with Crippen molar-refractivity contribution in [1.82, 2.24) is 4.98 Å². The number of nitro groups is 1. The van der Waals surface area contributed by atoms with Crippen molar-refractivity contribution in [3.8, 4) is 0 Å². The molecule has 0 amide bonds. The van der Waals surface area contributed by atoms with Gasteiger partial charge in [0.05, 0.1) is 15.5 Å². The van der Waals surface area contributed by atoms with E-state index in [9.17, 15) is 15.2 Å². The first-order chi connectivity index (χ1) is 8.39. The van der Waals surface area contributed by atoms with E-state index in [2.05, 4.69) is 4.98 Å². The molecule has 1 aliphatic heterocycles. The second kappa shape index (κ2) is 4.70. The maximum Gasteiger partial charge on any atom is 0.313 e. The van der Waals surface area contributed by atoms with Crippen molar-refractivity contribution in [2.75, 3.05) is 18.0 Å². The van der Waals surface area contributed by atoms with E-state index in [0.717, 1.165) is 6.42 Å². The van der Waals surface area contributed by atoms with Gasteiger partial charge in [0.15, 0.2) is 0 Å². The molecule has 2 rings (SSSR count). The minimum Gasteiger partial charge on any atom is -0.388 e. The molecule has 1 fully saturated rings. The molecule has 0 aliphatic carbocycles. The molecule has 1 atom stereocenters. The Morgan fingerprint density at radius 2 is 2.39 bits per heavy atom. The van der Waals surface area contributed by atoms with Gasteiger partial charge in [-0.2, -0.15) is 0 Å². The van der Waals surface area contributed by atoms with Gasteiger partial charge in [-0.25, -0.2) is 4.98 Å². The molecule has 6 nitrogen and oxygen atoms in total. The summed E-state index contributed by atoms with van der Waals surface area (Å²) in [6.45, 7) is 2.70. The number of aliphatic hydroxyl groups is 1. The number of anilines is 1. The van der Waals surface area contributed by atoms with E-state index >= 15 is 0 Å². The van der Waals surface area contributed by atoms with Crippen molar-refractivity contribution < 1.29 is 10.0 Å². The van der Waals surface area contributed by atoms with Crippen molar-refractivity contribution in [2.45, 2.75) is 25.4 Å². The van der Waals surface area contributed by atoms with E-state index in [1.807, 2.05) is 0 Å². The molecule has 1 saturated heterocycles. The fraction of sp³-hybridized carbons (Fsp3) is 0.545. The molecule has 18 heavy (non-hydrogen) atoms. The maximum atomic E-state index is 11.0. The molecule has 0 radical (unpaired) electrons. The van der Waals surface area contributed by atoms with Crippen LogP contribution in [-0.2, 0) is 0 Å². The van der Waals surface area contributed by atoms with E-state index < -0.39 is 10.5 Å². The second-order valence-electron chi connectivity index (χ2n) is 4.78. The van der Waals surface area contributed by atoms with Crippen molar-refractivity contribution in [1.29, 1.82) is 0 Å². The predicted octanol–water partition coefficient (Wildman–Crippen LogP) is 1.99. The zero-order valence-electron chi connectivity index (χ0n) is 9.97. The lowest BCUT2D eigenvalue weighted by Gasteiger charge is -2.37. The van der Waals surface area contributed by atoms with Gasteiger partial charge >= 0.3 is 5.69 Å². The summed E-state index contributed by atoms with van der Waals surface area (Å²) >= 11 is 5.72. The summed E-state index contributed by atoms with van der Waals surface area (Å²) in [6.07, 6.45) is 2.84. The van der Waals surface area contributed by atoms with Crippen LogP contribution in [0.25, 0.3) is 0 Å². The summed E-state index contributed by atoms with van der Waals surface area (Å²) in [5, 5.41) is 21.3. The van der Waals surface area contributed by atoms with E-state index in [1.165, 1.54) is 12.3 Å². The highest BCUT2D eigenvalue weighted by molar-refractivity contribution is 6.30. The minimum atomic E-state index is -0.840. The van der Waals surface area contributed by atoms with Crippen molar-refractivity contribution in [3.63, 3.8) is 0 Å². The van der Waals surface area contributed by atoms with Gasteiger partial charge in [-0.1, -0.05) is 11.6 Å². The Balaban J connectivity index is 2.35. The van der Waals surface area contributed by atoms with E-state index in [0.29, 0.717) is 19.5 Å². The topological polar surface area (TPSA) is 79.5 Å². The largest absolute Gasteiger partial charge is 0.388 e. The highest BCUT2D eigenvalue weighted by Gasteiger charge is 2.32. The van der Waals surface area contributed by atoms with Crippen molar-refractivity contribution in [3.05, 3.63) is 27.4 Å². The molecular weight excluding hydrogens is 258 g/mol. The Morgan fingerprint density at radius 3 is 3.00 bits per heavy atom. The molecule has 1 N–H and O–H groups in total. The average molecular weight is 272 g/mol. The first kappa shape index (κ1) is 13.0. The Hall–Kier alpha value is -1.40. The maximum absolute atomic E-state index is 11.0. The van der Waals surface area contributed by atoms with E-state index in [-0.39, 0.29) is 16.5 Å². The molecule has 0 bridgehead atoms. The van der Waals surface area contributed by atoms with Gasteiger partial charge in [0.1, 0.15) is 0 Å². The van der Waals surface area contributed by atoms with E-state index in [4.69, 9.17) is 11.6 Å². The summed E-state index contributed by atoms with van der Waals surface area (Å²) in [5.74, 6) is 0.268. The summed E-state index contributed by atoms with van der Waals surface area (Å²) < 4.78 is 0. The van der Waals surface area contributed by atoms with Crippen LogP contribution >= 0.6 is 11.6 Å². The summed E-state index contributed by atoms with van der Waals surface area (Å²) in [6, 6.07) is 1.28. The lowest BCUT2D eigenvalue weighted by Crippen LogP contribution is -2.46. The average Bonchev–Trinajstić information content (AvgIpc) is 2.27. The van der Waals surface area contributed by atoms with Crippen molar-refractivity contribution >= 4 is 23.1 Å². The standard InChI is InChI=1S/C11H14ClN3O3/c1-11(16)3-2-4-14(7-11)10-9(15(17)18)5-8(12)6-13-10/h5-6,16H,2-4,7H2,1H3. The number of hydrogen-bond donors (Lipinski definition) is 1. The third-order valence-electron chi connectivity index (χ3n) is 2.98. The quantitative estimate of drug-likeness (QED) is 0.657. The van der Waals surface area contributed by atoms with Gasteiger partial charge < -0.3 is 10.0 Å². The zero-order chi connectivity index (χ0) is 13.3. The van der Waals surface area contributed by atoms with Crippen LogP contribution in [0.2, 0.25) is 5.02 Å². The molecule has 0 spiro atoms. The van der Waals surface area contributed by atoms with Crippen LogP contribution in [0.3, 0.4) is 0 Å². The monoisotopic (exact) mass is 271 g/mol. The Morgan fingerprint density at radius 1 is 1.67 bits per heavy atom. The molecule has 1 aromatic rings. The molecule has 7 heteroatoms. The first-order valence-corrected chi connectivity index (χ1v) is 6.04. The molecule has 1 aliphatic rings. The number of rotatable bonds is 2. The Bertz CT molecular complexity index is 479. The van der Waals surface area contributed by atoms with Crippen LogP contribution in [0.4, 0.5) is 11.5 Å². The normalized spacial score (nSPS) is 24.1. The second-order valence-corrected chi connectivity index (χ2v) is 5.21. The smallest absolute Gasteiger partial charge is 0.313 e. The van der Waals surface area contributed by atoms with Crippen LogP contribution in [-0.4, -0.2) is 33.7 Å². The molecule has 2 heterocycles. The van der Waals surface area contributed by atoms with Crippen molar-refractivity contribution in [2.24, 2.45) is 0 Å². The summed E-state index contributed by atoms with van der Waals surface area (Å²) in [7, 11) is 0. The van der Waals surface area contributed by atoms with Crippen LogP contribution in [0.1, 0.15) is 19.8 Å². The summed E-state index contributed by atoms with van der Waals surface area (Å²) in [4.78, 5) is 16.3. The fourth-order valence-corrected chi connectivity index (χ4v) is 2.35. The van der Waals surface area contributed by atoms with Crippen LogP contribution in [0.5, 0.6) is 0 Å². The van der Waals surface area contributed by atoms with Crippen LogP contribution in [0, 0.1) is 10.1 Å². The fourth-order valence-electron chi connectivity index (χ4n) is 2.20. The molecule has 1 unspecified atom stereocenters. The van der Waals surface area contributed by atoms with Gasteiger partial charge in [-0.05, 0) is 19.8 Å². The number of piperidine rings is 1. The summed E-state index contributed by atoms with van der Waals surface area (Å²) in [5.41, 5.74) is -0.965. The molecule has 1 aromatic heterocycles. The van der Waals surface area contributed by atoms with E-state index in [1.54, 1.807) is 11.8 Å². The van der Waals surface area contributed by atoms with Gasteiger partial charge in [0.2, 0.25) is 5.82 Å². The first-order valence-electron chi connectivity index (χ1n) is 5.66. The highest BCUT2D eigenvalue weighted by Crippen LogP contribution is 2.32. The number of pyridine rings is 1. The number of nitrogens with zero attached hydrogens (tertiary/aromatic N) is 3. The van der Waals surface area contributed by atoms with Gasteiger partial charge in [0.25, 0.3) is 0 Å². The molecule has 0 aromatic carbocycles. The Labute approximate surface area is 109 Å². The lowest BCUT2D eigenvalue weighted by atomic mass is 9.95. The molecule has 98 valence electrons. The number of β-amino-alcohol motifs (C(OH)–C–C–N with tert-alkyl or cyclic N) is 1. The van der Waals surface area contributed by atoms with Gasteiger partial charge in [0, 0.05) is 25.4 Å². The number of halogens is 1. The molecular formula is C11H14ClN3O3. The lowest BCUT2D eigenvalue weighted by molar-refractivity contribution is -0.384. The predicted molar refractivity (Wildman–Crippen MR) is 68.0 cm³/mol. The van der Waals surface area contributed by atoms with Crippen LogP contribution < -0.4 is 4.90 Å². The van der Waals surface area contributed by atoms with Gasteiger partial charge in [-0.3, -0.25) is 10.1 Å². The molecule has 0 saturated carbocycles. The third-order valence-corrected chi connectivity index (χ3v) is 3.19. The Kier molecular flexibility index (Phi) is 3.41. The SMILES string of the molecule is CC1(O)CCCN(c2ncc(Cl)cc2[N+](=O)[O-])C1. The van der Waals surface area contributed by atoms with Crippen LogP contribution in [0.15, 0.2) is 12.3 Å². The third kappa shape index (κ3) is 2.70. The number of aromatic nitrogens is 1. The van der Waals surface area contributed by atoms with Gasteiger partial charge in [-0.15, -0.1) is 0 Å². The highest BCUT2D eigenvalue weighted by atomic mass is 35.5. The zero-order valence-corrected chi connectivity index (χ0v) is 10.7. The minimum absolute atomic E-state index is 0.125. The number of hydrogen-bond acceptors (Lipinski definition) is 5.